The van der Waals surface area contributed by atoms with E-state index in [2.05, 4.69) is 9.71 Å². The largest absolute Gasteiger partial charge is 0.458 e. The van der Waals surface area contributed by atoms with Gasteiger partial charge in [0, 0.05) is 5.38 Å². The number of aromatic nitrogens is 1. The first-order chi connectivity index (χ1) is 9.89. The Labute approximate surface area is 128 Å². The van der Waals surface area contributed by atoms with Gasteiger partial charge in [-0.3, -0.25) is 4.72 Å². The number of thiazole rings is 1. The second-order valence-corrected chi connectivity index (χ2v) is 7.81. The highest BCUT2D eigenvalue weighted by Crippen LogP contribution is 2.27. The van der Waals surface area contributed by atoms with Gasteiger partial charge in [-0.1, -0.05) is 13.8 Å². The Bertz CT molecular complexity index is 689. The molecule has 0 aliphatic rings. The number of anilines is 1. The second-order valence-electron chi connectivity index (χ2n) is 5.11. The van der Waals surface area contributed by atoms with Gasteiger partial charge in [-0.2, -0.15) is 0 Å². The predicted octanol–water partition coefficient (Wildman–Crippen LogP) is 2.65. The number of nitrogens with one attached hydrogen (secondary N) is 1. The smallest absolute Gasteiger partial charge is 0.234 e. The third-order valence-electron chi connectivity index (χ3n) is 2.83. The summed E-state index contributed by atoms with van der Waals surface area (Å²) in [6, 6.07) is 3.55. The Balaban J connectivity index is 2.06. The molecule has 21 heavy (non-hydrogen) atoms. The molecule has 0 atom stereocenters. The third kappa shape index (κ3) is 4.55. The molecule has 0 fully saturated rings. The Hall–Kier alpha value is -1.38. The van der Waals surface area contributed by atoms with Crippen LogP contribution >= 0.6 is 11.3 Å². The van der Waals surface area contributed by atoms with Crippen molar-refractivity contribution in [2.45, 2.75) is 26.8 Å². The Morgan fingerprint density at radius 1 is 1.43 bits per heavy atom. The van der Waals surface area contributed by atoms with Gasteiger partial charge in [0.2, 0.25) is 10.0 Å². The van der Waals surface area contributed by atoms with Crippen LogP contribution in [0.1, 0.15) is 26.0 Å². The number of rotatable bonds is 7. The lowest BCUT2D eigenvalue weighted by Gasteiger charge is -2.06. The Kier molecular flexibility index (Phi) is 5.02. The van der Waals surface area contributed by atoms with E-state index in [9.17, 15) is 8.42 Å². The van der Waals surface area contributed by atoms with Crippen molar-refractivity contribution in [3.05, 3.63) is 23.3 Å². The highest BCUT2D eigenvalue weighted by molar-refractivity contribution is 7.92. The molecule has 0 aromatic carbocycles. The highest BCUT2D eigenvalue weighted by atomic mass is 32.2. The molecular formula is C13H19N3O3S2. The van der Waals surface area contributed by atoms with Crippen LogP contribution in [0.25, 0.3) is 11.5 Å². The molecule has 3 N–H and O–H groups in total. The summed E-state index contributed by atoms with van der Waals surface area (Å²) < 4.78 is 31.8. The van der Waals surface area contributed by atoms with E-state index in [-0.39, 0.29) is 5.75 Å². The molecule has 2 aromatic rings. The van der Waals surface area contributed by atoms with Crippen molar-refractivity contribution >= 4 is 26.5 Å². The van der Waals surface area contributed by atoms with Crippen LogP contribution in [0.15, 0.2) is 21.9 Å². The molecule has 0 aliphatic carbocycles. The van der Waals surface area contributed by atoms with Crippen LogP contribution in [-0.4, -0.2) is 19.2 Å². The van der Waals surface area contributed by atoms with Crippen LogP contribution in [0.5, 0.6) is 0 Å². The van der Waals surface area contributed by atoms with Crippen molar-refractivity contribution in [1.29, 1.82) is 0 Å². The van der Waals surface area contributed by atoms with Gasteiger partial charge >= 0.3 is 0 Å². The summed E-state index contributed by atoms with van der Waals surface area (Å²) in [7, 11) is -3.35. The molecule has 0 unspecified atom stereocenters. The van der Waals surface area contributed by atoms with Crippen LogP contribution < -0.4 is 10.5 Å². The number of hydrogen-bond donors (Lipinski definition) is 2. The maximum Gasteiger partial charge on any atom is 0.234 e. The summed E-state index contributed by atoms with van der Waals surface area (Å²) >= 11 is 1.23. The van der Waals surface area contributed by atoms with Crippen LogP contribution in [-0.2, 0) is 16.6 Å². The Morgan fingerprint density at radius 3 is 2.81 bits per heavy atom. The zero-order valence-electron chi connectivity index (χ0n) is 12.0. The van der Waals surface area contributed by atoms with E-state index >= 15 is 0 Å². The van der Waals surface area contributed by atoms with Crippen LogP contribution in [0.4, 0.5) is 5.13 Å². The van der Waals surface area contributed by atoms with E-state index in [4.69, 9.17) is 10.2 Å². The van der Waals surface area contributed by atoms with Gasteiger partial charge in [0.05, 0.1) is 12.3 Å². The minimum atomic E-state index is -3.35. The maximum absolute atomic E-state index is 11.9. The lowest BCUT2D eigenvalue weighted by molar-refractivity contribution is 0.524. The van der Waals surface area contributed by atoms with Crippen LogP contribution in [0, 0.1) is 5.92 Å². The van der Waals surface area contributed by atoms with Crippen molar-refractivity contribution in [2.24, 2.45) is 11.7 Å². The molecule has 6 nitrogen and oxygen atoms in total. The SMILES string of the molecule is CC(C)CCS(=O)(=O)Nc1nc(-c2ccc(CN)o2)cs1. The number of nitrogens with two attached hydrogens (primary N) is 1. The lowest BCUT2D eigenvalue weighted by Crippen LogP contribution is -2.17. The molecule has 0 radical (unpaired) electrons. The van der Waals surface area contributed by atoms with Gasteiger partial charge in [-0.25, -0.2) is 13.4 Å². The topological polar surface area (TPSA) is 98.2 Å². The van der Waals surface area contributed by atoms with E-state index in [0.717, 1.165) is 0 Å². The number of furan rings is 1. The molecule has 0 bridgehead atoms. The summed E-state index contributed by atoms with van der Waals surface area (Å²) in [6.07, 6.45) is 0.617. The molecule has 0 spiro atoms. The van der Waals surface area contributed by atoms with Gasteiger partial charge in [0.1, 0.15) is 11.5 Å². The van der Waals surface area contributed by atoms with Crippen molar-refractivity contribution < 1.29 is 12.8 Å². The summed E-state index contributed by atoms with van der Waals surface area (Å²) in [6.45, 7) is 4.30. The minimum absolute atomic E-state index is 0.0949. The van der Waals surface area contributed by atoms with E-state index in [1.54, 1.807) is 17.5 Å². The molecule has 2 heterocycles. The number of nitrogens with zero attached hydrogens (tertiary/aromatic N) is 1. The summed E-state index contributed by atoms with van der Waals surface area (Å²) in [4.78, 5) is 4.23. The summed E-state index contributed by atoms with van der Waals surface area (Å²) in [5.74, 6) is 1.68. The first kappa shape index (κ1) is 16.0. The fraction of sp³-hybridized carbons (Fsp3) is 0.462. The minimum Gasteiger partial charge on any atom is -0.458 e. The monoisotopic (exact) mass is 329 g/mol. The zero-order valence-corrected chi connectivity index (χ0v) is 13.6. The molecule has 2 rings (SSSR count). The van der Waals surface area contributed by atoms with Gasteiger partial charge in [0.15, 0.2) is 10.9 Å². The maximum atomic E-state index is 11.9. The number of hydrogen-bond acceptors (Lipinski definition) is 6. The van der Waals surface area contributed by atoms with E-state index in [1.165, 1.54) is 11.3 Å². The van der Waals surface area contributed by atoms with Crippen LogP contribution in [0.2, 0.25) is 0 Å². The van der Waals surface area contributed by atoms with Gasteiger partial charge < -0.3 is 10.2 Å². The Morgan fingerprint density at radius 2 is 2.19 bits per heavy atom. The first-order valence-corrected chi connectivity index (χ1v) is 9.18. The molecule has 0 aliphatic heterocycles. The third-order valence-corrected chi connectivity index (χ3v) is 4.99. The zero-order chi connectivity index (χ0) is 15.5. The standard InChI is InChI=1S/C13H19N3O3S2/c1-9(2)5-6-21(17,18)16-13-15-11(8-20-13)12-4-3-10(7-14)19-12/h3-4,8-9H,5-7,14H2,1-2H3,(H,15,16). The lowest BCUT2D eigenvalue weighted by atomic mass is 10.2. The fourth-order valence-corrected chi connectivity index (χ4v) is 3.95. The molecule has 116 valence electrons. The van der Waals surface area contributed by atoms with E-state index in [0.29, 0.717) is 41.2 Å². The quantitative estimate of drug-likeness (QED) is 0.813. The molecule has 2 aromatic heterocycles. The van der Waals surface area contributed by atoms with Crippen molar-refractivity contribution in [1.82, 2.24) is 4.98 Å². The number of sulfonamides is 1. The van der Waals surface area contributed by atoms with Gasteiger partial charge in [-0.15, -0.1) is 11.3 Å². The fourth-order valence-electron chi connectivity index (χ4n) is 1.63. The first-order valence-electron chi connectivity index (χ1n) is 6.65. The summed E-state index contributed by atoms with van der Waals surface area (Å²) in [5.41, 5.74) is 6.08. The van der Waals surface area contributed by atoms with Crippen molar-refractivity contribution in [2.75, 3.05) is 10.5 Å². The summed E-state index contributed by atoms with van der Waals surface area (Å²) in [5, 5.41) is 2.10. The average molecular weight is 329 g/mol. The van der Waals surface area contributed by atoms with Crippen LogP contribution in [0.3, 0.4) is 0 Å². The molecule has 8 heteroatoms. The van der Waals surface area contributed by atoms with Gasteiger partial charge in [-0.05, 0) is 24.5 Å². The van der Waals surface area contributed by atoms with Crippen molar-refractivity contribution in [3.63, 3.8) is 0 Å². The predicted molar refractivity (Wildman–Crippen MR) is 84.6 cm³/mol. The highest BCUT2D eigenvalue weighted by Gasteiger charge is 2.15. The molecular weight excluding hydrogens is 310 g/mol. The van der Waals surface area contributed by atoms with E-state index in [1.807, 2.05) is 13.8 Å². The average Bonchev–Trinajstić information content (AvgIpc) is 3.04. The molecule has 0 amide bonds. The second kappa shape index (κ2) is 6.59. The van der Waals surface area contributed by atoms with Gasteiger partial charge in [0.25, 0.3) is 0 Å². The van der Waals surface area contributed by atoms with Crippen molar-refractivity contribution in [3.8, 4) is 11.5 Å². The molecule has 0 saturated carbocycles. The normalized spacial score (nSPS) is 12.0. The van der Waals surface area contributed by atoms with E-state index < -0.39 is 10.0 Å². The molecule has 0 saturated heterocycles.